The Morgan fingerprint density at radius 3 is 2.86 bits per heavy atom. The SMILES string of the molecule is C=CCCCN(C)C(=NC)NCC(=O)NCc1ccco1.I. The van der Waals surface area contributed by atoms with Crippen molar-refractivity contribution < 1.29 is 9.21 Å². The number of hydrogen-bond acceptors (Lipinski definition) is 3. The summed E-state index contributed by atoms with van der Waals surface area (Å²) in [5.74, 6) is 1.33. The molecule has 0 radical (unpaired) electrons. The maximum Gasteiger partial charge on any atom is 0.239 e. The molecule has 1 aromatic rings. The fourth-order valence-corrected chi connectivity index (χ4v) is 1.78. The van der Waals surface area contributed by atoms with Gasteiger partial charge in [-0.2, -0.15) is 0 Å². The molecule has 0 aliphatic rings. The van der Waals surface area contributed by atoms with Crippen molar-refractivity contribution in [2.24, 2.45) is 4.99 Å². The first kappa shape index (κ1) is 20.5. The van der Waals surface area contributed by atoms with Gasteiger partial charge in [-0.3, -0.25) is 9.79 Å². The Kier molecular flexibility index (Phi) is 11.2. The summed E-state index contributed by atoms with van der Waals surface area (Å²) in [5.41, 5.74) is 0. The van der Waals surface area contributed by atoms with Crippen molar-refractivity contribution in [3.05, 3.63) is 36.8 Å². The van der Waals surface area contributed by atoms with Gasteiger partial charge in [-0.1, -0.05) is 6.08 Å². The largest absolute Gasteiger partial charge is 0.467 e. The zero-order valence-electron chi connectivity index (χ0n) is 13.2. The first-order valence-corrected chi connectivity index (χ1v) is 6.99. The summed E-state index contributed by atoms with van der Waals surface area (Å²) in [6.45, 7) is 5.13. The van der Waals surface area contributed by atoms with E-state index < -0.39 is 0 Å². The smallest absolute Gasteiger partial charge is 0.239 e. The highest BCUT2D eigenvalue weighted by Gasteiger charge is 2.08. The van der Waals surface area contributed by atoms with Crippen LogP contribution < -0.4 is 10.6 Å². The molecule has 0 aromatic carbocycles. The summed E-state index contributed by atoms with van der Waals surface area (Å²) < 4.78 is 5.15. The average Bonchev–Trinajstić information content (AvgIpc) is 2.99. The van der Waals surface area contributed by atoms with Crippen LogP contribution in [0.1, 0.15) is 18.6 Å². The van der Waals surface area contributed by atoms with Crippen molar-refractivity contribution in [3.8, 4) is 0 Å². The molecular weight excluding hydrogens is 395 g/mol. The molecule has 124 valence electrons. The second-order valence-electron chi connectivity index (χ2n) is 4.61. The fraction of sp³-hybridized carbons (Fsp3) is 0.467. The molecule has 0 aliphatic heterocycles. The number of amides is 1. The molecule has 1 rings (SSSR count). The van der Waals surface area contributed by atoms with Gasteiger partial charge < -0.3 is 20.0 Å². The number of halogens is 1. The van der Waals surface area contributed by atoms with Gasteiger partial charge in [0.05, 0.1) is 19.4 Å². The molecule has 0 fully saturated rings. The summed E-state index contributed by atoms with van der Waals surface area (Å²) in [5, 5.41) is 5.81. The van der Waals surface area contributed by atoms with Crippen LogP contribution in [0, 0.1) is 0 Å². The number of nitrogens with one attached hydrogen (secondary N) is 2. The van der Waals surface area contributed by atoms with Gasteiger partial charge >= 0.3 is 0 Å². The summed E-state index contributed by atoms with van der Waals surface area (Å²) in [6, 6.07) is 3.61. The number of nitrogens with zero attached hydrogens (tertiary/aromatic N) is 2. The third-order valence-corrected chi connectivity index (χ3v) is 2.92. The molecule has 0 unspecified atom stereocenters. The first-order chi connectivity index (χ1) is 10.2. The standard InChI is InChI=1S/C15H24N4O2.HI/c1-4-5-6-9-19(3)15(16-2)18-12-14(20)17-11-13-8-7-10-21-13;/h4,7-8,10H,1,5-6,9,11-12H2,2-3H3,(H,16,18)(H,17,20);1H. The molecule has 1 amide bonds. The van der Waals surface area contributed by atoms with E-state index in [9.17, 15) is 4.79 Å². The molecule has 0 bridgehead atoms. The van der Waals surface area contributed by atoms with Crippen molar-refractivity contribution in [2.75, 3.05) is 27.2 Å². The molecule has 22 heavy (non-hydrogen) atoms. The molecular formula is C15H25IN4O2. The van der Waals surface area contributed by atoms with E-state index in [1.807, 2.05) is 24.1 Å². The zero-order valence-corrected chi connectivity index (χ0v) is 15.5. The molecule has 0 aliphatic carbocycles. The van der Waals surface area contributed by atoms with Gasteiger partial charge in [0.25, 0.3) is 0 Å². The van der Waals surface area contributed by atoms with Crippen molar-refractivity contribution in [1.82, 2.24) is 15.5 Å². The predicted octanol–water partition coefficient (Wildman–Crippen LogP) is 1.99. The van der Waals surface area contributed by atoms with Crippen LogP contribution in [0.5, 0.6) is 0 Å². The van der Waals surface area contributed by atoms with E-state index in [4.69, 9.17) is 4.42 Å². The number of carbonyl (C=O) groups is 1. The van der Waals surface area contributed by atoms with Gasteiger partial charge in [-0.05, 0) is 25.0 Å². The highest BCUT2D eigenvalue weighted by Crippen LogP contribution is 1.98. The van der Waals surface area contributed by atoms with Gasteiger partial charge in [0.2, 0.25) is 5.91 Å². The van der Waals surface area contributed by atoms with Gasteiger partial charge in [-0.25, -0.2) is 0 Å². The highest BCUT2D eigenvalue weighted by molar-refractivity contribution is 14.0. The Morgan fingerprint density at radius 1 is 1.50 bits per heavy atom. The lowest BCUT2D eigenvalue weighted by Gasteiger charge is -2.21. The quantitative estimate of drug-likeness (QED) is 0.222. The van der Waals surface area contributed by atoms with Crippen LogP contribution in [-0.2, 0) is 11.3 Å². The number of rotatable bonds is 8. The second kappa shape index (κ2) is 12.1. The minimum atomic E-state index is -0.105. The van der Waals surface area contributed by atoms with E-state index in [-0.39, 0.29) is 36.4 Å². The van der Waals surface area contributed by atoms with E-state index in [0.717, 1.165) is 25.1 Å². The maximum absolute atomic E-state index is 11.7. The number of furan rings is 1. The van der Waals surface area contributed by atoms with Crippen LogP contribution in [0.3, 0.4) is 0 Å². The monoisotopic (exact) mass is 420 g/mol. The Labute approximate surface area is 149 Å². The predicted molar refractivity (Wildman–Crippen MR) is 99.4 cm³/mol. The van der Waals surface area contributed by atoms with Gasteiger partial charge in [-0.15, -0.1) is 30.6 Å². The van der Waals surface area contributed by atoms with Gasteiger partial charge in [0.15, 0.2) is 5.96 Å². The molecule has 2 N–H and O–H groups in total. The molecule has 1 heterocycles. The highest BCUT2D eigenvalue weighted by atomic mass is 127. The van der Waals surface area contributed by atoms with Crippen LogP contribution in [0.15, 0.2) is 40.5 Å². The number of hydrogen-bond donors (Lipinski definition) is 2. The first-order valence-electron chi connectivity index (χ1n) is 6.99. The third kappa shape index (κ3) is 8.06. The van der Waals surface area contributed by atoms with Crippen LogP contribution in [-0.4, -0.2) is 44.0 Å². The molecule has 0 saturated heterocycles. The van der Waals surface area contributed by atoms with Crippen molar-refractivity contribution in [1.29, 1.82) is 0 Å². The summed E-state index contributed by atoms with van der Waals surface area (Å²) in [6.07, 6.45) is 5.45. The number of carbonyl (C=O) groups excluding carboxylic acids is 1. The number of guanidine groups is 1. The van der Waals surface area contributed by atoms with Crippen LogP contribution in [0.4, 0.5) is 0 Å². The summed E-state index contributed by atoms with van der Waals surface area (Å²) in [7, 11) is 3.65. The van der Waals surface area contributed by atoms with Crippen LogP contribution >= 0.6 is 24.0 Å². The van der Waals surface area contributed by atoms with E-state index in [1.165, 1.54) is 0 Å². The molecule has 0 spiro atoms. The summed E-state index contributed by atoms with van der Waals surface area (Å²) in [4.78, 5) is 17.9. The third-order valence-electron chi connectivity index (χ3n) is 2.92. The van der Waals surface area contributed by atoms with Gasteiger partial charge in [0.1, 0.15) is 5.76 Å². The Balaban J connectivity index is 0.00000441. The maximum atomic E-state index is 11.7. The lowest BCUT2D eigenvalue weighted by molar-refractivity contribution is -0.120. The topological polar surface area (TPSA) is 69.9 Å². The second-order valence-corrected chi connectivity index (χ2v) is 4.61. The van der Waals surface area contributed by atoms with Crippen molar-refractivity contribution >= 4 is 35.8 Å². The summed E-state index contributed by atoms with van der Waals surface area (Å²) >= 11 is 0. The lowest BCUT2D eigenvalue weighted by atomic mass is 10.3. The fourth-order valence-electron chi connectivity index (χ4n) is 1.78. The molecule has 1 aromatic heterocycles. The Morgan fingerprint density at radius 2 is 2.27 bits per heavy atom. The number of allylic oxidation sites excluding steroid dienone is 1. The number of unbranched alkanes of at least 4 members (excludes halogenated alkanes) is 1. The van der Waals surface area contributed by atoms with Crippen molar-refractivity contribution in [3.63, 3.8) is 0 Å². The zero-order chi connectivity index (χ0) is 15.5. The van der Waals surface area contributed by atoms with E-state index in [0.29, 0.717) is 12.5 Å². The van der Waals surface area contributed by atoms with Crippen LogP contribution in [0.2, 0.25) is 0 Å². The minimum Gasteiger partial charge on any atom is -0.467 e. The van der Waals surface area contributed by atoms with E-state index in [1.54, 1.807) is 19.4 Å². The van der Waals surface area contributed by atoms with E-state index in [2.05, 4.69) is 22.2 Å². The van der Waals surface area contributed by atoms with Crippen molar-refractivity contribution in [2.45, 2.75) is 19.4 Å². The average molecular weight is 420 g/mol. The lowest BCUT2D eigenvalue weighted by Crippen LogP contribution is -2.44. The molecule has 6 nitrogen and oxygen atoms in total. The molecule has 7 heteroatoms. The van der Waals surface area contributed by atoms with Crippen LogP contribution in [0.25, 0.3) is 0 Å². The molecule has 0 atom stereocenters. The van der Waals surface area contributed by atoms with E-state index >= 15 is 0 Å². The number of aliphatic imine (C=N–C) groups is 1. The van der Waals surface area contributed by atoms with Gasteiger partial charge in [0, 0.05) is 20.6 Å². The Bertz CT molecular complexity index is 460. The molecule has 0 saturated carbocycles. The normalized spacial score (nSPS) is 10.5. The minimum absolute atomic E-state index is 0. The Hall–Kier alpha value is -1.51.